The minimum atomic E-state index is -0.0624. The van der Waals surface area contributed by atoms with Gasteiger partial charge in [-0.1, -0.05) is 55.8 Å². The molecule has 0 amide bonds. The Labute approximate surface area is 188 Å². The van der Waals surface area contributed by atoms with Gasteiger partial charge in [0.05, 0.1) is 11.4 Å². The summed E-state index contributed by atoms with van der Waals surface area (Å²) >= 11 is 1.82. The van der Waals surface area contributed by atoms with Crippen LogP contribution in [0.15, 0.2) is 60.7 Å². The third-order valence-electron chi connectivity index (χ3n) is 3.48. The molecule has 3 aromatic rings. The third kappa shape index (κ3) is 10.0. The molecule has 0 radical (unpaired) electrons. The van der Waals surface area contributed by atoms with E-state index in [1.165, 1.54) is 23.3 Å². The quantitative estimate of drug-likeness (QED) is 0.412. The fourth-order valence-electron chi connectivity index (χ4n) is 2.08. The molecule has 0 spiro atoms. The van der Waals surface area contributed by atoms with E-state index in [1.54, 1.807) is 24.3 Å². The van der Waals surface area contributed by atoms with Crippen molar-refractivity contribution in [3.63, 3.8) is 0 Å². The summed E-state index contributed by atoms with van der Waals surface area (Å²) < 4.78 is 0. The maximum absolute atomic E-state index is 9.14. The Morgan fingerprint density at radius 2 is 1.18 bits per heavy atom. The number of nitrogens with zero attached hydrogens (tertiary/aromatic N) is 2. The molecule has 0 saturated carbocycles. The number of aromatic nitrogens is 2. The zero-order valence-corrected chi connectivity index (χ0v) is 19.5. The monoisotopic (exact) mass is 509 g/mol. The van der Waals surface area contributed by atoms with E-state index in [1.807, 2.05) is 17.3 Å². The van der Waals surface area contributed by atoms with Gasteiger partial charge in [-0.2, -0.15) is 0 Å². The summed E-state index contributed by atoms with van der Waals surface area (Å²) in [5, 5.41) is 18.3. The second-order valence-corrected chi connectivity index (χ2v) is 5.83. The van der Waals surface area contributed by atoms with Gasteiger partial charge in [0.2, 0.25) is 11.8 Å². The van der Waals surface area contributed by atoms with E-state index in [4.69, 9.17) is 10.2 Å². The average Bonchev–Trinajstić information content (AvgIpc) is 2.64. The van der Waals surface area contributed by atoms with Gasteiger partial charge in [-0.25, -0.2) is 9.97 Å². The van der Waals surface area contributed by atoms with Crippen LogP contribution in [0.25, 0.3) is 11.4 Å². The number of aromatic hydroxyl groups is 2. The number of aryl methyl sites for hydroxylation is 1. The Morgan fingerprint density at radius 3 is 1.50 bits per heavy atom. The van der Waals surface area contributed by atoms with E-state index in [0.717, 1.165) is 0 Å². The summed E-state index contributed by atoms with van der Waals surface area (Å²) in [4.78, 5) is 7.73. The second kappa shape index (κ2) is 15.3. The Bertz CT molecular complexity index is 757. The van der Waals surface area contributed by atoms with Crippen LogP contribution < -0.4 is 12.4 Å². The van der Waals surface area contributed by atoms with E-state index in [9.17, 15) is 0 Å². The molecule has 2 heterocycles. The van der Waals surface area contributed by atoms with Gasteiger partial charge in [-0.05, 0) is 30.5 Å². The van der Waals surface area contributed by atoms with Crippen LogP contribution in [0.5, 0.6) is 11.8 Å². The molecule has 0 atom stereocenters. The SMILES string of the molecule is Cc1ccc(C(C)C)cc1.Oc1cccc(-c2cccc(O)n2)n1.[CH3-].[Cl-].[Cl][Ru+]. The number of hydrogen-bond donors (Lipinski definition) is 2. The Morgan fingerprint density at radius 1 is 0.786 bits per heavy atom. The number of hydrogen-bond acceptors (Lipinski definition) is 4. The molecular formula is C21H25Cl2N2O2Ru-. The molecule has 2 aromatic heterocycles. The van der Waals surface area contributed by atoms with Crippen molar-refractivity contribution >= 4 is 9.69 Å². The second-order valence-electron chi connectivity index (χ2n) is 5.83. The zero-order chi connectivity index (χ0) is 19.5. The van der Waals surface area contributed by atoms with Gasteiger partial charge < -0.3 is 30.0 Å². The Balaban J connectivity index is 0. The van der Waals surface area contributed by atoms with Crippen molar-refractivity contribution in [3.8, 4) is 23.1 Å². The van der Waals surface area contributed by atoms with Crippen molar-refractivity contribution in [2.75, 3.05) is 0 Å². The zero-order valence-electron chi connectivity index (χ0n) is 16.2. The van der Waals surface area contributed by atoms with Gasteiger partial charge in [0.15, 0.2) is 0 Å². The molecule has 0 saturated heterocycles. The van der Waals surface area contributed by atoms with Crippen LogP contribution in [0.3, 0.4) is 0 Å². The molecule has 4 nitrogen and oxygen atoms in total. The summed E-state index contributed by atoms with van der Waals surface area (Å²) in [5.41, 5.74) is 3.82. The molecule has 1 aromatic carbocycles. The Hall–Kier alpha value is -1.68. The van der Waals surface area contributed by atoms with Gasteiger partial charge in [-0.3, -0.25) is 0 Å². The van der Waals surface area contributed by atoms with Crippen LogP contribution in [0.4, 0.5) is 0 Å². The van der Waals surface area contributed by atoms with Crippen LogP contribution in [-0.4, -0.2) is 20.2 Å². The minimum absolute atomic E-state index is 0. The number of halogens is 2. The Kier molecular flexibility index (Phi) is 15.6. The molecule has 3 rings (SSSR count). The van der Waals surface area contributed by atoms with Crippen LogP contribution >= 0.6 is 9.69 Å². The van der Waals surface area contributed by atoms with E-state index in [-0.39, 0.29) is 31.6 Å². The van der Waals surface area contributed by atoms with Crippen molar-refractivity contribution in [1.29, 1.82) is 0 Å². The molecule has 0 aliphatic rings. The summed E-state index contributed by atoms with van der Waals surface area (Å²) in [5.74, 6) is 0.529. The summed E-state index contributed by atoms with van der Waals surface area (Å²) in [7, 11) is 4.57. The van der Waals surface area contributed by atoms with Crippen molar-refractivity contribution in [2.24, 2.45) is 0 Å². The predicted octanol–water partition coefficient (Wildman–Crippen LogP) is 2.81. The normalized spacial score (nSPS) is 8.93. The van der Waals surface area contributed by atoms with Gasteiger partial charge >= 0.3 is 27.0 Å². The van der Waals surface area contributed by atoms with E-state index >= 15 is 0 Å². The van der Waals surface area contributed by atoms with Gasteiger partial charge in [0.1, 0.15) is 0 Å². The molecule has 154 valence electrons. The fourth-order valence-corrected chi connectivity index (χ4v) is 2.08. The van der Waals surface area contributed by atoms with Crippen molar-refractivity contribution in [2.45, 2.75) is 26.7 Å². The molecule has 2 N–H and O–H groups in total. The first-order chi connectivity index (χ1) is 12.5. The molecule has 0 aliphatic carbocycles. The molecule has 0 unspecified atom stereocenters. The van der Waals surface area contributed by atoms with Crippen LogP contribution in [0, 0.1) is 14.4 Å². The molecule has 0 aliphatic heterocycles. The van der Waals surface area contributed by atoms with Crippen LogP contribution in [0.2, 0.25) is 0 Å². The van der Waals surface area contributed by atoms with Gasteiger partial charge in [-0.15, -0.1) is 0 Å². The summed E-state index contributed by atoms with van der Waals surface area (Å²) in [6, 6.07) is 18.4. The molecular weight excluding hydrogens is 484 g/mol. The standard InChI is InChI=1S/C10H8N2O2.C10H14.CH3.2ClH.Ru/c13-9-5-1-3-7(11-9)8-4-2-6-10(14)12-8;1-8(2)10-6-4-9(3)5-7-10;;;;/h1-6H,(H,11,13)(H,12,14);4-8H,1-3H3;1H3;2*1H;/q;;-1;;;+2/p-2. The van der Waals surface area contributed by atoms with Crippen LogP contribution in [-0.2, 0) is 17.3 Å². The topological polar surface area (TPSA) is 66.2 Å². The summed E-state index contributed by atoms with van der Waals surface area (Å²) in [6.45, 7) is 6.54. The average molecular weight is 509 g/mol. The van der Waals surface area contributed by atoms with Gasteiger partial charge in [0.25, 0.3) is 0 Å². The van der Waals surface area contributed by atoms with Crippen LogP contribution in [0.1, 0.15) is 30.9 Å². The van der Waals surface area contributed by atoms with Crippen molar-refractivity contribution in [3.05, 3.63) is 79.2 Å². The first-order valence-electron chi connectivity index (χ1n) is 7.98. The van der Waals surface area contributed by atoms with Crippen molar-refractivity contribution < 1.29 is 39.9 Å². The molecule has 7 heteroatoms. The number of pyridine rings is 2. The number of rotatable bonds is 2. The fraction of sp³-hybridized carbons (Fsp3) is 0.190. The van der Waals surface area contributed by atoms with E-state index in [0.29, 0.717) is 17.3 Å². The molecule has 0 bridgehead atoms. The molecule has 0 fully saturated rings. The van der Waals surface area contributed by atoms with Crippen molar-refractivity contribution in [1.82, 2.24) is 9.97 Å². The first kappa shape index (κ1) is 28.5. The van der Waals surface area contributed by atoms with Gasteiger partial charge in [0, 0.05) is 12.1 Å². The number of benzene rings is 1. The third-order valence-corrected chi connectivity index (χ3v) is 3.48. The van der Waals surface area contributed by atoms with E-state index in [2.05, 4.69) is 64.7 Å². The van der Waals surface area contributed by atoms with E-state index < -0.39 is 0 Å². The first-order valence-corrected chi connectivity index (χ1v) is 10.2. The summed E-state index contributed by atoms with van der Waals surface area (Å²) in [6.07, 6.45) is 0. The maximum atomic E-state index is 9.14. The predicted molar refractivity (Wildman–Crippen MR) is 108 cm³/mol. The molecule has 28 heavy (non-hydrogen) atoms.